The van der Waals surface area contributed by atoms with Crippen LogP contribution in [0.2, 0.25) is 0 Å². The molecule has 0 radical (unpaired) electrons. The van der Waals surface area contributed by atoms with Crippen molar-refractivity contribution in [3.63, 3.8) is 0 Å². The molecule has 1 aromatic rings. The summed E-state index contributed by atoms with van der Waals surface area (Å²) < 4.78 is 0. The molecule has 0 aromatic heterocycles. The van der Waals surface area contributed by atoms with Crippen molar-refractivity contribution in [2.75, 3.05) is 10.6 Å². The van der Waals surface area contributed by atoms with E-state index in [-0.39, 0.29) is 0 Å². The quantitative estimate of drug-likeness (QED) is 0.781. The summed E-state index contributed by atoms with van der Waals surface area (Å²) in [6.45, 7) is 11.2. The third kappa shape index (κ3) is 2.93. The van der Waals surface area contributed by atoms with E-state index >= 15 is 0 Å². The van der Waals surface area contributed by atoms with Gasteiger partial charge in [0.2, 0.25) is 0 Å². The van der Waals surface area contributed by atoms with Crippen molar-refractivity contribution in [1.82, 2.24) is 0 Å². The maximum atomic E-state index is 6.01. The highest BCUT2D eigenvalue weighted by Gasteiger charge is 2.20. The van der Waals surface area contributed by atoms with Crippen molar-refractivity contribution in [2.24, 2.45) is 0 Å². The Balaban J connectivity index is 3.17. The molecule has 0 aliphatic heterocycles. The third-order valence-electron chi connectivity index (χ3n) is 3.76. The van der Waals surface area contributed by atoms with Crippen LogP contribution >= 0.6 is 0 Å². The lowest BCUT2D eigenvalue weighted by molar-refractivity contribution is 0.526. The van der Waals surface area contributed by atoms with Crippen LogP contribution in [0.1, 0.15) is 46.1 Å². The number of hydrogen-bond acceptors (Lipinski definition) is 2. The summed E-state index contributed by atoms with van der Waals surface area (Å²) in [6, 6.07) is 7.31. The van der Waals surface area contributed by atoms with Gasteiger partial charge in [-0.05, 0) is 51.3 Å². The summed E-state index contributed by atoms with van der Waals surface area (Å²) in [7, 11) is 0. The molecule has 0 amide bonds. The minimum Gasteiger partial charge on any atom is -0.398 e. The highest BCUT2D eigenvalue weighted by molar-refractivity contribution is 5.64. The molecule has 2 nitrogen and oxygen atoms in total. The molecule has 0 saturated heterocycles. The largest absolute Gasteiger partial charge is 0.398 e. The Labute approximate surface area is 106 Å². The molecule has 0 saturated carbocycles. The molecular formula is C15H26N2. The zero-order chi connectivity index (χ0) is 13.0. The van der Waals surface area contributed by atoms with Crippen molar-refractivity contribution >= 4 is 11.4 Å². The number of rotatable bonds is 5. The zero-order valence-electron chi connectivity index (χ0n) is 11.8. The number of nitrogen functional groups attached to an aromatic ring is 1. The number of nitrogens with two attached hydrogens (primary N) is 1. The number of anilines is 2. The summed E-state index contributed by atoms with van der Waals surface area (Å²) in [5, 5.41) is 0. The van der Waals surface area contributed by atoms with Gasteiger partial charge in [-0.25, -0.2) is 0 Å². The molecule has 17 heavy (non-hydrogen) atoms. The van der Waals surface area contributed by atoms with E-state index in [1.54, 1.807) is 0 Å². The Morgan fingerprint density at radius 3 is 2.12 bits per heavy atom. The van der Waals surface area contributed by atoms with Gasteiger partial charge in [-0.15, -0.1) is 0 Å². The molecule has 2 heteroatoms. The summed E-state index contributed by atoms with van der Waals surface area (Å²) >= 11 is 0. The number of hydrogen-bond donors (Lipinski definition) is 1. The van der Waals surface area contributed by atoms with Gasteiger partial charge in [0.1, 0.15) is 0 Å². The molecule has 2 unspecified atom stereocenters. The van der Waals surface area contributed by atoms with E-state index in [9.17, 15) is 0 Å². The second kappa shape index (κ2) is 5.95. The molecule has 2 atom stereocenters. The van der Waals surface area contributed by atoms with Crippen LogP contribution in [0.5, 0.6) is 0 Å². The van der Waals surface area contributed by atoms with Crippen LogP contribution < -0.4 is 10.6 Å². The first kappa shape index (κ1) is 13.9. The molecule has 1 rings (SSSR count). The van der Waals surface area contributed by atoms with Crippen LogP contribution in [0.4, 0.5) is 11.4 Å². The van der Waals surface area contributed by atoms with Crippen molar-refractivity contribution < 1.29 is 0 Å². The van der Waals surface area contributed by atoms with Crippen LogP contribution in [0, 0.1) is 6.92 Å². The van der Waals surface area contributed by atoms with Crippen molar-refractivity contribution in [3.05, 3.63) is 23.8 Å². The van der Waals surface area contributed by atoms with Crippen LogP contribution in [0.15, 0.2) is 18.2 Å². The first-order chi connectivity index (χ1) is 8.02. The van der Waals surface area contributed by atoms with Crippen LogP contribution in [0.25, 0.3) is 0 Å². The van der Waals surface area contributed by atoms with Gasteiger partial charge in [-0.2, -0.15) is 0 Å². The molecule has 0 fully saturated rings. The molecular weight excluding hydrogens is 208 g/mol. The highest BCUT2D eigenvalue weighted by atomic mass is 15.2. The van der Waals surface area contributed by atoms with Gasteiger partial charge >= 0.3 is 0 Å². The van der Waals surface area contributed by atoms with E-state index in [2.05, 4.69) is 51.7 Å². The minimum atomic E-state index is 0.547. The molecule has 0 bridgehead atoms. The summed E-state index contributed by atoms with van der Waals surface area (Å²) in [5.41, 5.74) is 9.39. The predicted molar refractivity (Wildman–Crippen MR) is 77.6 cm³/mol. The normalized spacial score (nSPS) is 14.4. The maximum absolute atomic E-state index is 6.01. The van der Waals surface area contributed by atoms with Crippen LogP contribution in [0.3, 0.4) is 0 Å². The summed E-state index contributed by atoms with van der Waals surface area (Å²) in [6.07, 6.45) is 2.30. The van der Waals surface area contributed by atoms with E-state index in [1.165, 1.54) is 11.3 Å². The SMILES string of the molecule is CCC(C)N(c1cccc(N)c1C)C(C)CC. The molecule has 96 valence electrons. The minimum absolute atomic E-state index is 0.547. The van der Waals surface area contributed by atoms with Gasteiger partial charge in [0.05, 0.1) is 0 Å². The van der Waals surface area contributed by atoms with E-state index in [0.29, 0.717) is 12.1 Å². The Morgan fingerprint density at radius 1 is 1.12 bits per heavy atom. The van der Waals surface area contributed by atoms with E-state index in [1.807, 2.05) is 6.07 Å². The van der Waals surface area contributed by atoms with Crippen molar-refractivity contribution in [2.45, 2.75) is 59.5 Å². The van der Waals surface area contributed by atoms with E-state index in [0.717, 1.165) is 18.5 Å². The Morgan fingerprint density at radius 2 is 1.65 bits per heavy atom. The second-order valence-electron chi connectivity index (χ2n) is 4.91. The van der Waals surface area contributed by atoms with Crippen LogP contribution in [-0.4, -0.2) is 12.1 Å². The smallest absolute Gasteiger partial charge is 0.0421 e. The fourth-order valence-electron chi connectivity index (χ4n) is 2.22. The fraction of sp³-hybridized carbons (Fsp3) is 0.600. The van der Waals surface area contributed by atoms with Gasteiger partial charge in [-0.3, -0.25) is 0 Å². The monoisotopic (exact) mass is 234 g/mol. The van der Waals surface area contributed by atoms with Crippen molar-refractivity contribution in [1.29, 1.82) is 0 Å². The maximum Gasteiger partial charge on any atom is 0.0421 e. The van der Waals surface area contributed by atoms with Gasteiger partial charge < -0.3 is 10.6 Å². The van der Waals surface area contributed by atoms with Gasteiger partial charge in [0.25, 0.3) is 0 Å². The molecule has 0 aliphatic carbocycles. The predicted octanol–water partition coefficient (Wildman–Crippen LogP) is 3.98. The fourth-order valence-corrected chi connectivity index (χ4v) is 2.22. The zero-order valence-corrected chi connectivity index (χ0v) is 11.8. The second-order valence-corrected chi connectivity index (χ2v) is 4.91. The Bertz CT molecular complexity index is 350. The summed E-state index contributed by atoms with van der Waals surface area (Å²) in [4.78, 5) is 2.51. The lowest BCUT2D eigenvalue weighted by Crippen LogP contribution is -2.40. The lowest BCUT2D eigenvalue weighted by atomic mass is 10.0. The van der Waals surface area contributed by atoms with Crippen LogP contribution in [-0.2, 0) is 0 Å². The summed E-state index contributed by atoms with van der Waals surface area (Å²) in [5.74, 6) is 0. The first-order valence-corrected chi connectivity index (χ1v) is 6.66. The standard InChI is InChI=1S/C15H26N2/c1-6-11(3)17(12(4)7-2)15-10-8-9-14(16)13(15)5/h8-12H,6-7,16H2,1-5H3. The number of nitrogens with zero attached hydrogens (tertiary/aromatic N) is 1. The Hall–Kier alpha value is -1.18. The van der Waals surface area contributed by atoms with E-state index < -0.39 is 0 Å². The Kier molecular flexibility index (Phi) is 4.86. The average molecular weight is 234 g/mol. The molecule has 1 aromatic carbocycles. The average Bonchev–Trinajstić information content (AvgIpc) is 2.34. The molecule has 0 aliphatic rings. The van der Waals surface area contributed by atoms with Gasteiger partial charge in [-0.1, -0.05) is 19.9 Å². The molecule has 0 spiro atoms. The molecule has 2 N–H and O–H groups in total. The van der Waals surface area contributed by atoms with E-state index in [4.69, 9.17) is 5.73 Å². The van der Waals surface area contributed by atoms with Gasteiger partial charge in [0, 0.05) is 23.5 Å². The highest BCUT2D eigenvalue weighted by Crippen LogP contribution is 2.29. The lowest BCUT2D eigenvalue weighted by Gasteiger charge is -2.37. The number of benzene rings is 1. The molecule has 0 heterocycles. The van der Waals surface area contributed by atoms with Gasteiger partial charge in [0.15, 0.2) is 0 Å². The first-order valence-electron chi connectivity index (χ1n) is 6.66. The topological polar surface area (TPSA) is 29.3 Å². The van der Waals surface area contributed by atoms with Crippen molar-refractivity contribution in [3.8, 4) is 0 Å². The third-order valence-corrected chi connectivity index (χ3v) is 3.76.